The third-order valence-corrected chi connectivity index (χ3v) is 8.17. The molecule has 1 atom stereocenters. The summed E-state index contributed by atoms with van der Waals surface area (Å²) in [7, 11) is 0. The van der Waals surface area contributed by atoms with E-state index in [0.717, 1.165) is 44.9 Å². The molecule has 1 unspecified atom stereocenters. The topological polar surface area (TPSA) is 63.6 Å². The number of rotatable bonds is 33. The zero-order valence-electron chi connectivity index (χ0n) is 28.1. The van der Waals surface area contributed by atoms with Gasteiger partial charge in [-0.1, -0.05) is 147 Å². The van der Waals surface area contributed by atoms with E-state index in [2.05, 4.69) is 38.2 Å². The highest BCUT2D eigenvalue weighted by atomic mass is 16.6. The zero-order chi connectivity index (χ0) is 30.8. The van der Waals surface area contributed by atoms with Crippen molar-refractivity contribution in [1.29, 1.82) is 0 Å². The number of carboxylic acid groups (broad SMARTS) is 1. The Morgan fingerprint density at radius 2 is 0.833 bits per heavy atom. The van der Waals surface area contributed by atoms with E-state index in [0.29, 0.717) is 12.8 Å². The summed E-state index contributed by atoms with van der Waals surface area (Å²) in [6.07, 6.45) is 42.0. The van der Waals surface area contributed by atoms with Crippen molar-refractivity contribution in [2.75, 3.05) is 0 Å². The fourth-order valence-electron chi connectivity index (χ4n) is 5.37. The van der Waals surface area contributed by atoms with Gasteiger partial charge in [-0.3, -0.25) is 4.79 Å². The van der Waals surface area contributed by atoms with Crippen LogP contribution in [0.3, 0.4) is 0 Å². The summed E-state index contributed by atoms with van der Waals surface area (Å²) < 4.78 is 5.30. The molecule has 0 radical (unpaired) electrons. The molecule has 0 fully saturated rings. The number of carboxylic acids is 1. The lowest BCUT2D eigenvalue weighted by atomic mass is 10.0. The third kappa shape index (κ3) is 31.4. The average molecular weight is 591 g/mol. The minimum absolute atomic E-state index is 0.329. The maximum absolute atomic E-state index is 12.2. The molecule has 0 aliphatic rings. The second kappa shape index (κ2) is 33.9. The van der Waals surface area contributed by atoms with Crippen LogP contribution in [0.1, 0.15) is 200 Å². The van der Waals surface area contributed by atoms with E-state index >= 15 is 0 Å². The molecule has 0 bridgehead atoms. The number of allylic oxidation sites excluding steroid dienone is 4. The normalized spacial score (nSPS) is 12.4. The van der Waals surface area contributed by atoms with Crippen molar-refractivity contribution in [3.05, 3.63) is 24.3 Å². The third-order valence-electron chi connectivity index (χ3n) is 8.17. The Labute approximate surface area is 261 Å². The largest absolute Gasteiger partial charge is 0.479 e. The first-order valence-corrected chi connectivity index (χ1v) is 18.3. The first kappa shape index (κ1) is 40.4. The first-order valence-electron chi connectivity index (χ1n) is 18.3. The van der Waals surface area contributed by atoms with Gasteiger partial charge in [-0.25, -0.2) is 4.79 Å². The summed E-state index contributed by atoms with van der Waals surface area (Å²) in [6.45, 7) is 4.52. The van der Waals surface area contributed by atoms with E-state index in [1.165, 1.54) is 128 Å². The second-order valence-electron chi connectivity index (χ2n) is 12.4. The van der Waals surface area contributed by atoms with Crippen molar-refractivity contribution in [2.24, 2.45) is 0 Å². The van der Waals surface area contributed by atoms with Crippen molar-refractivity contribution < 1.29 is 19.4 Å². The van der Waals surface area contributed by atoms with Gasteiger partial charge in [0.05, 0.1) is 0 Å². The van der Waals surface area contributed by atoms with Gasteiger partial charge in [-0.15, -0.1) is 0 Å². The standard InChI is InChI=1S/C38H70O4/c1-3-5-7-9-11-13-15-17-19-21-22-24-26-28-30-32-34-36(38(40)41)42-37(39)35-33-31-29-27-25-23-20-18-16-14-12-10-8-6-4-2/h15,17-18,20,36H,3-14,16,19,21-35H2,1-2H3,(H,40,41)/b17-15?,20-18-. The van der Waals surface area contributed by atoms with Crippen molar-refractivity contribution in [3.8, 4) is 0 Å². The Balaban J connectivity index is 3.59. The van der Waals surface area contributed by atoms with Crippen molar-refractivity contribution in [3.63, 3.8) is 0 Å². The summed E-state index contributed by atoms with van der Waals surface area (Å²) >= 11 is 0. The quantitative estimate of drug-likeness (QED) is 0.0469. The number of esters is 1. The Morgan fingerprint density at radius 3 is 1.21 bits per heavy atom. The second-order valence-corrected chi connectivity index (χ2v) is 12.4. The zero-order valence-corrected chi connectivity index (χ0v) is 28.1. The van der Waals surface area contributed by atoms with Crippen LogP contribution in [0.15, 0.2) is 24.3 Å². The number of hydrogen-bond donors (Lipinski definition) is 1. The van der Waals surface area contributed by atoms with Crippen molar-refractivity contribution >= 4 is 11.9 Å². The summed E-state index contributed by atoms with van der Waals surface area (Å²) in [5.41, 5.74) is 0. The molecule has 0 spiro atoms. The first-order chi connectivity index (χ1) is 20.6. The van der Waals surface area contributed by atoms with Gasteiger partial charge in [0, 0.05) is 6.42 Å². The summed E-state index contributed by atoms with van der Waals surface area (Å²) in [6, 6.07) is 0. The molecule has 0 saturated carbocycles. The Morgan fingerprint density at radius 1 is 0.500 bits per heavy atom. The molecule has 0 aliphatic carbocycles. The van der Waals surface area contributed by atoms with Gasteiger partial charge in [-0.2, -0.15) is 0 Å². The SMILES string of the molecule is CCCCCCCC=CCCCCCCCCCC(OC(=O)CCCCCCC/C=C\CCCCCCCC)C(=O)O. The van der Waals surface area contributed by atoms with E-state index < -0.39 is 12.1 Å². The Kier molecular flexibility index (Phi) is 32.6. The Bertz CT molecular complexity index is 639. The van der Waals surface area contributed by atoms with E-state index in [-0.39, 0.29) is 5.97 Å². The lowest BCUT2D eigenvalue weighted by molar-refractivity contribution is -0.164. The molecule has 0 rings (SSSR count). The van der Waals surface area contributed by atoms with Gasteiger partial charge < -0.3 is 9.84 Å². The monoisotopic (exact) mass is 591 g/mol. The fourth-order valence-corrected chi connectivity index (χ4v) is 5.37. The number of carbonyl (C=O) groups excluding carboxylic acids is 1. The predicted octanol–water partition coefficient (Wildman–Crippen LogP) is 12.4. The van der Waals surface area contributed by atoms with Gasteiger partial charge >= 0.3 is 11.9 Å². The minimum Gasteiger partial charge on any atom is -0.479 e. The van der Waals surface area contributed by atoms with Crippen molar-refractivity contribution in [2.45, 2.75) is 206 Å². The molecule has 246 valence electrons. The lowest BCUT2D eigenvalue weighted by Gasteiger charge is -2.13. The van der Waals surface area contributed by atoms with Gasteiger partial charge in [0.1, 0.15) is 0 Å². The smallest absolute Gasteiger partial charge is 0.345 e. The van der Waals surface area contributed by atoms with Crippen LogP contribution in [-0.2, 0) is 14.3 Å². The van der Waals surface area contributed by atoms with E-state index in [9.17, 15) is 14.7 Å². The predicted molar refractivity (Wildman–Crippen MR) is 181 cm³/mol. The number of carbonyl (C=O) groups is 2. The molecule has 4 nitrogen and oxygen atoms in total. The van der Waals surface area contributed by atoms with Crippen LogP contribution in [0, 0.1) is 0 Å². The van der Waals surface area contributed by atoms with Crippen molar-refractivity contribution in [1.82, 2.24) is 0 Å². The van der Waals surface area contributed by atoms with E-state index in [1.54, 1.807) is 0 Å². The number of hydrogen-bond acceptors (Lipinski definition) is 3. The maximum atomic E-state index is 12.2. The highest BCUT2D eigenvalue weighted by Crippen LogP contribution is 2.15. The molecule has 0 aromatic carbocycles. The average Bonchev–Trinajstić information content (AvgIpc) is 2.98. The van der Waals surface area contributed by atoms with Crippen LogP contribution >= 0.6 is 0 Å². The lowest BCUT2D eigenvalue weighted by Crippen LogP contribution is -2.27. The van der Waals surface area contributed by atoms with E-state index in [1.807, 2.05) is 0 Å². The summed E-state index contributed by atoms with van der Waals surface area (Å²) in [5, 5.41) is 9.46. The number of unbranched alkanes of at least 4 members (excludes halogenated alkanes) is 23. The minimum atomic E-state index is -1.01. The molecule has 0 saturated heterocycles. The molecular formula is C38H70O4. The highest BCUT2D eigenvalue weighted by Gasteiger charge is 2.21. The maximum Gasteiger partial charge on any atom is 0.345 e. The van der Waals surface area contributed by atoms with Gasteiger partial charge in [0.25, 0.3) is 0 Å². The molecule has 4 heteroatoms. The van der Waals surface area contributed by atoms with Gasteiger partial charge in [0.15, 0.2) is 6.10 Å². The van der Waals surface area contributed by atoms with Crippen LogP contribution in [-0.4, -0.2) is 23.1 Å². The molecule has 0 aromatic rings. The van der Waals surface area contributed by atoms with Crippen LogP contribution in [0.5, 0.6) is 0 Å². The van der Waals surface area contributed by atoms with Gasteiger partial charge in [-0.05, 0) is 70.6 Å². The summed E-state index contributed by atoms with van der Waals surface area (Å²) in [5.74, 6) is -1.37. The molecule has 0 amide bonds. The number of ether oxygens (including phenoxy) is 1. The Hall–Kier alpha value is -1.58. The molecule has 0 aromatic heterocycles. The molecule has 0 heterocycles. The van der Waals surface area contributed by atoms with Crippen LogP contribution in [0.2, 0.25) is 0 Å². The summed E-state index contributed by atoms with van der Waals surface area (Å²) in [4.78, 5) is 23.7. The molecule has 0 aliphatic heterocycles. The molecule has 42 heavy (non-hydrogen) atoms. The van der Waals surface area contributed by atoms with Crippen LogP contribution in [0.4, 0.5) is 0 Å². The van der Waals surface area contributed by atoms with E-state index in [4.69, 9.17) is 4.74 Å². The molecule has 1 N–H and O–H groups in total. The molecular weight excluding hydrogens is 520 g/mol. The number of aliphatic carboxylic acids is 1. The van der Waals surface area contributed by atoms with Gasteiger partial charge in [0.2, 0.25) is 0 Å². The fraction of sp³-hybridized carbons (Fsp3) is 0.842. The van der Waals surface area contributed by atoms with Crippen LogP contribution < -0.4 is 0 Å². The van der Waals surface area contributed by atoms with Crippen LogP contribution in [0.25, 0.3) is 0 Å². The highest BCUT2D eigenvalue weighted by molar-refractivity contribution is 5.77.